The molecular formula is C12H25N3. The van der Waals surface area contributed by atoms with E-state index < -0.39 is 0 Å². The Kier molecular flexibility index (Phi) is 3.33. The second-order valence-electron chi connectivity index (χ2n) is 5.67. The van der Waals surface area contributed by atoms with Gasteiger partial charge in [-0.15, -0.1) is 0 Å². The van der Waals surface area contributed by atoms with Crippen LogP contribution in [0, 0.1) is 0 Å². The van der Waals surface area contributed by atoms with Crippen LogP contribution in [-0.2, 0) is 0 Å². The normalized spacial score (nSPS) is 30.6. The second-order valence-corrected chi connectivity index (χ2v) is 5.67. The van der Waals surface area contributed by atoms with Crippen LogP contribution < -0.4 is 0 Å². The molecule has 0 aromatic rings. The van der Waals surface area contributed by atoms with Gasteiger partial charge in [0.15, 0.2) is 0 Å². The average Bonchev–Trinajstić information content (AvgIpc) is 2.63. The van der Waals surface area contributed by atoms with Gasteiger partial charge in [-0.25, -0.2) is 0 Å². The van der Waals surface area contributed by atoms with Crippen molar-refractivity contribution >= 4 is 0 Å². The van der Waals surface area contributed by atoms with Crippen molar-refractivity contribution in [3.63, 3.8) is 0 Å². The number of rotatable bonds is 1. The first-order valence-electron chi connectivity index (χ1n) is 6.22. The van der Waals surface area contributed by atoms with E-state index in [0.717, 1.165) is 0 Å². The van der Waals surface area contributed by atoms with E-state index in [1.807, 2.05) is 0 Å². The third-order valence-electron chi connectivity index (χ3n) is 3.95. The van der Waals surface area contributed by atoms with Crippen molar-refractivity contribution in [2.45, 2.75) is 25.3 Å². The first-order valence-corrected chi connectivity index (χ1v) is 6.22. The molecule has 3 nitrogen and oxygen atoms in total. The van der Waals surface area contributed by atoms with Crippen LogP contribution in [0.15, 0.2) is 0 Å². The summed E-state index contributed by atoms with van der Waals surface area (Å²) in [7, 11) is 4.51. The van der Waals surface area contributed by atoms with Crippen molar-refractivity contribution in [1.82, 2.24) is 14.7 Å². The van der Waals surface area contributed by atoms with E-state index in [1.165, 1.54) is 52.1 Å². The largest absolute Gasteiger partial charge is 0.303 e. The molecule has 88 valence electrons. The van der Waals surface area contributed by atoms with Crippen LogP contribution in [0.2, 0.25) is 0 Å². The minimum absolute atomic E-state index is 0.372. The van der Waals surface area contributed by atoms with Gasteiger partial charge in [0.25, 0.3) is 0 Å². The Labute approximate surface area is 94.0 Å². The summed E-state index contributed by atoms with van der Waals surface area (Å²) in [6.45, 7) is 9.90. The van der Waals surface area contributed by atoms with Crippen molar-refractivity contribution in [1.29, 1.82) is 0 Å². The zero-order chi connectivity index (χ0) is 10.9. The van der Waals surface area contributed by atoms with E-state index in [1.54, 1.807) is 0 Å². The molecule has 15 heavy (non-hydrogen) atoms. The fourth-order valence-corrected chi connectivity index (χ4v) is 3.17. The molecule has 2 rings (SSSR count). The van der Waals surface area contributed by atoms with E-state index >= 15 is 0 Å². The van der Waals surface area contributed by atoms with Crippen molar-refractivity contribution in [3.05, 3.63) is 0 Å². The predicted octanol–water partition coefficient (Wildman–Crippen LogP) is 0.718. The molecule has 0 bridgehead atoms. The van der Waals surface area contributed by atoms with Crippen LogP contribution in [0.5, 0.6) is 0 Å². The molecular weight excluding hydrogens is 186 g/mol. The van der Waals surface area contributed by atoms with Crippen LogP contribution in [0.25, 0.3) is 0 Å². The Morgan fingerprint density at radius 2 is 1.27 bits per heavy atom. The van der Waals surface area contributed by atoms with Gasteiger partial charge in [-0.05, 0) is 47.0 Å². The monoisotopic (exact) mass is 211 g/mol. The number of nitrogens with zero attached hydrogens (tertiary/aromatic N) is 3. The standard InChI is InChI=1S/C12H25N3/c1-12(15-6-4-5-7-15)10-13(2)8-9-14(3)11-12/h4-11H2,1-3H3. The maximum atomic E-state index is 2.70. The van der Waals surface area contributed by atoms with Gasteiger partial charge in [-0.3, -0.25) is 4.90 Å². The molecule has 2 heterocycles. The second kappa shape index (κ2) is 4.40. The van der Waals surface area contributed by atoms with Crippen molar-refractivity contribution < 1.29 is 0 Å². The summed E-state index contributed by atoms with van der Waals surface area (Å²) in [5.74, 6) is 0. The van der Waals surface area contributed by atoms with E-state index in [0.29, 0.717) is 5.54 Å². The Hall–Kier alpha value is -0.120. The zero-order valence-electron chi connectivity index (χ0n) is 10.5. The molecule has 2 fully saturated rings. The molecule has 3 heteroatoms. The van der Waals surface area contributed by atoms with Crippen molar-refractivity contribution in [2.75, 3.05) is 53.4 Å². The number of hydrogen-bond donors (Lipinski definition) is 0. The first kappa shape index (κ1) is 11.4. The molecule has 0 aromatic heterocycles. The van der Waals surface area contributed by atoms with Crippen molar-refractivity contribution in [2.24, 2.45) is 0 Å². The average molecular weight is 211 g/mol. The van der Waals surface area contributed by atoms with Gasteiger partial charge in [0.1, 0.15) is 0 Å². The molecule has 0 spiro atoms. The molecule has 0 N–H and O–H groups in total. The van der Waals surface area contributed by atoms with Gasteiger partial charge in [-0.1, -0.05) is 0 Å². The van der Waals surface area contributed by atoms with E-state index in [-0.39, 0.29) is 0 Å². The SMILES string of the molecule is CN1CCN(C)CC(C)(N2CCCC2)C1. The van der Waals surface area contributed by atoms with Gasteiger partial charge in [0, 0.05) is 31.7 Å². The van der Waals surface area contributed by atoms with E-state index in [4.69, 9.17) is 0 Å². The Morgan fingerprint density at radius 1 is 0.800 bits per heavy atom. The highest BCUT2D eigenvalue weighted by molar-refractivity contribution is 4.95. The van der Waals surface area contributed by atoms with Crippen LogP contribution in [0.1, 0.15) is 19.8 Å². The molecule has 0 unspecified atom stereocenters. The number of likely N-dealkylation sites (N-methyl/N-ethyl adjacent to an activating group) is 2. The molecule has 2 aliphatic heterocycles. The van der Waals surface area contributed by atoms with Crippen LogP contribution in [0.3, 0.4) is 0 Å². The summed E-state index contributed by atoms with van der Waals surface area (Å²) in [5, 5.41) is 0. The molecule has 2 saturated heterocycles. The lowest BCUT2D eigenvalue weighted by Crippen LogP contribution is -2.55. The molecule has 0 aromatic carbocycles. The molecule has 0 radical (unpaired) electrons. The highest BCUT2D eigenvalue weighted by Gasteiger charge is 2.36. The molecule has 0 aliphatic carbocycles. The van der Waals surface area contributed by atoms with E-state index in [2.05, 4.69) is 35.7 Å². The highest BCUT2D eigenvalue weighted by Crippen LogP contribution is 2.24. The van der Waals surface area contributed by atoms with Gasteiger partial charge in [0.05, 0.1) is 0 Å². The number of likely N-dealkylation sites (tertiary alicyclic amines) is 1. The zero-order valence-corrected chi connectivity index (χ0v) is 10.5. The summed E-state index contributed by atoms with van der Waals surface area (Å²) in [4.78, 5) is 7.68. The summed E-state index contributed by atoms with van der Waals surface area (Å²) in [5.41, 5.74) is 0.372. The van der Waals surface area contributed by atoms with Gasteiger partial charge < -0.3 is 9.80 Å². The fraction of sp³-hybridized carbons (Fsp3) is 1.00. The van der Waals surface area contributed by atoms with Crippen LogP contribution in [0.4, 0.5) is 0 Å². The third-order valence-corrected chi connectivity index (χ3v) is 3.95. The van der Waals surface area contributed by atoms with E-state index in [9.17, 15) is 0 Å². The van der Waals surface area contributed by atoms with Gasteiger partial charge >= 0.3 is 0 Å². The molecule has 0 amide bonds. The highest BCUT2D eigenvalue weighted by atomic mass is 15.3. The fourth-order valence-electron chi connectivity index (χ4n) is 3.17. The first-order chi connectivity index (χ1) is 7.10. The van der Waals surface area contributed by atoms with Crippen LogP contribution >= 0.6 is 0 Å². The van der Waals surface area contributed by atoms with Crippen LogP contribution in [-0.4, -0.2) is 73.6 Å². The Balaban J connectivity index is 2.08. The minimum atomic E-state index is 0.372. The lowest BCUT2D eigenvalue weighted by Gasteiger charge is -2.41. The lowest BCUT2D eigenvalue weighted by atomic mass is 9.99. The smallest absolute Gasteiger partial charge is 0.0434 e. The lowest BCUT2D eigenvalue weighted by molar-refractivity contribution is 0.0869. The summed E-state index contributed by atoms with van der Waals surface area (Å²) < 4.78 is 0. The summed E-state index contributed by atoms with van der Waals surface area (Å²) in [6.07, 6.45) is 2.78. The minimum Gasteiger partial charge on any atom is -0.303 e. The third kappa shape index (κ3) is 2.52. The maximum Gasteiger partial charge on any atom is 0.0434 e. The maximum absolute atomic E-state index is 2.70. The molecule has 0 saturated carbocycles. The summed E-state index contributed by atoms with van der Waals surface area (Å²) >= 11 is 0. The Bertz CT molecular complexity index is 199. The Morgan fingerprint density at radius 3 is 1.73 bits per heavy atom. The molecule has 0 atom stereocenters. The summed E-state index contributed by atoms with van der Waals surface area (Å²) in [6, 6.07) is 0. The van der Waals surface area contributed by atoms with Gasteiger partial charge in [-0.2, -0.15) is 0 Å². The van der Waals surface area contributed by atoms with Crippen molar-refractivity contribution in [3.8, 4) is 0 Å². The topological polar surface area (TPSA) is 9.72 Å². The quantitative estimate of drug-likeness (QED) is 0.633. The molecule has 2 aliphatic rings. The number of hydrogen-bond acceptors (Lipinski definition) is 3. The predicted molar refractivity (Wildman–Crippen MR) is 64.2 cm³/mol. The van der Waals surface area contributed by atoms with Gasteiger partial charge in [0.2, 0.25) is 0 Å².